The number of amides is 1. The fraction of sp³-hybridized carbons (Fsp3) is 0.150. The van der Waals surface area contributed by atoms with Crippen LogP contribution < -0.4 is 0 Å². The molecule has 0 fully saturated rings. The zero-order valence-electron chi connectivity index (χ0n) is 12.7. The van der Waals surface area contributed by atoms with Gasteiger partial charge in [-0.15, -0.1) is 0 Å². The Balaban J connectivity index is 1.80. The zero-order chi connectivity index (χ0) is 15.8. The Morgan fingerprint density at radius 3 is 2.39 bits per heavy atom. The Hall–Kier alpha value is -2.65. The highest BCUT2D eigenvalue weighted by Gasteiger charge is 2.56. The van der Waals surface area contributed by atoms with E-state index in [1.807, 2.05) is 61.5 Å². The molecule has 3 heteroatoms. The normalized spacial score (nSPS) is 27.0. The number of hydrogen-bond donors (Lipinski definition) is 1. The molecule has 112 valence electrons. The van der Waals surface area contributed by atoms with Crippen molar-refractivity contribution < 1.29 is 9.90 Å². The van der Waals surface area contributed by atoms with Gasteiger partial charge in [-0.2, -0.15) is 0 Å². The van der Waals surface area contributed by atoms with Crippen LogP contribution in [0.5, 0.6) is 0 Å². The van der Waals surface area contributed by atoms with Crippen molar-refractivity contribution in [1.82, 2.24) is 4.90 Å². The Bertz CT molecular complexity index is 940. The number of aliphatic hydroxyl groups excluding tert-OH is 1. The Morgan fingerprint density at radius 2 is 1.61 bits per heavy atom. The maximum absolute atomic E-state index is 13.0. The van der Waals surface area contributed by atoms with Crippen LogP contribution in [0.1, 0.15) is 40.1 Å². The molecule has 2 aromatic carbocycles. The molecule has 2 heterocycles. The minimum Gasteiger partial charge on any atom is -0.386 e. The van der Waals surface area contributed by atoms with Crippen molar-refractivity contribution >= 4 is 17.2 Å². The molecule has 1 amide bonds. The number of aliphatic hydroxyl groups is 1. The van der Waals surface area contributed by atoms with Gasteiger partial charge in [0.15, 0.2) is 0 Å². The summed E-state index contributed by atoms with van der Waals surface area (Å²) in [6, 6.07) is 15.5. The van der Waals surface area contributed by atoms with E-state index in [0.29, 0.717) is 5.56 Å². The molecule has 2 aromatic rings. The standard InChI is InChI=1S/C20H15NO2/c1-20-16(12-6-2-4-8-14(12)18(20)22)10-11-17-13-7-3-5-9-15(13)19(23)21(17)20/h2-11,18,22H,1H3/t18-,20-/m0/s1. The zero-order valence-corrected chi connectivity index (χ0v) is 12.7. The number of nitrogens with zero attached hydrogens (tertiary/aromatic N) is 1. The number of rotatable bonds is 0. The monoisotopic (exact) mass is 301 g/mol. The predicted octanol–water partition coefficient (Wildman–Crippen LogP) is 3.39. The lowest BCUT2D eigenvalue weighted by molar-refractivity contribution is 0.0425. The molecule has 0 saturated carbocycles. The molecule has 3 nitrogen and oxygen atoms in total. The summed E-state index contributed by atoms with van der Waals surface area (Å²) < 4.78 is 0. The maximum Gasteiger partial charge on any atom is 0.259 e. The number of fused-ring (bicyclic) bond motifs is 7. The van der Waals surface area contributed by atoms with Crippen LogP contribution in [0, 0.1) is 0 Å². The van der Waals surface area contributed by atoms with Gasteiger partial charge in [-0.25, -0.2) is 0 Å². The lowest BCUT2D eigenvalue weighted by Gasteiger charge is -2.42. The summed E-state index contributed by atoms with van der Waals surface area (Å²) in [4.78, 5) is 14.8. The van der Waals surface area contributed by atoms with Crippen LogP contribution in [0.25, 0.3) is 11.3 Å². The lowest BCUT2D eigenvalue weighted by Crippen LogP contribution is -2.49. The first-order valence-corrected chi connectivity index (χ1v) is 7.78. The average molecular weight is 301 g/mol. The molecule has 23 heavy (non-hydrogen) atoms. The van der Waals surface area contributed by atoms with Crippen molar-refractivity contribution in [3.63, 3.8) is 0 Å². The summed E-state index contributed by atoms with van der Waals surface area (Å²) in [6.45, 7) is 1.96. The molecule has 2 aliphatic heterocycles. The van der Waals surface area contributed by atoms with Gasteiger partial charge in [0.2, 0.25) is 0 Å². The first-order valence-electron chi connectivity index (χ1n) is 7.78. The van der Waals surface area contributed by atoms with Crippen LogP contribution >= 0.6 is 0 Å². The van der Waals surface area contributed by atoms with Gasteiger partial charge in [-0.3, -0.25) is 9.69 Å². The van der Waals surface area contributed by atoms with Crippen LogP contribution in [0.4, 0.5) is 0 Å². The molecule has 3 aliphatic rings. The maximum atomic E-state index is 13.0. The molecular formula is C20H15NO2. The van der Waals surface area contributed by atoms with E-state index in [9.17, 15) is 9.90 Å². The summed E-state index contributed by atoms with van der Waals surface area (Å²) in [5.74, 6) is -0.0354. The molecule has 2 atom stereocenters. The van der Waals surface area contributed by atoms with Gasteiger partial charge in [-0.1, -0.05) is 48.5 Å². The first kappa shape index (κ1) is 12.9. The van der Waals surface area contributed by atoms with Crippen LogP contribution in [0.2, 0.25) is 0 Å². The summed E-state index contributed by atoms with van der Waals surface area (Å²) in [5.41, 5.74) is 4.69. The molecule has 0 radical (unpaired) electrons. The summed E-state index contributed by atoms with van der Waals surface area (Å²) in [7, 11) is 0. The van der Waals surface area contributed by atoms with Gasteiger partial charge in [0.25, 0.3) is 5.91 Å². The molecular weight excluding hydrogens is 286 g/mol. The fourth-order valence-corrected chi connectivity index (χ4v) is 4.24. The molecule has 0 unspecified atom stereocenters. The number of carbonyl (C=O) groups excluding carboxylic acids is 1. The highest BCUT2D eigenvalue weighted by Crippen LogP contribution is 2.56. The summed E-state index contributed by atoms with van der Waals surface area (Å²) in [5, 5.41) is 11.0. The van der Waals surface area contributed by atoms with Crippen molar-refractivity contribution in [2.75, 3.05) is 0 Å². The van der Waals surface area contributed by atoms with Crippen molar-refractivity contribution in [1.29, 1.82) is 0 Å². The predicted molar refractivity (Wildman–Crippen MR) is 88.4 cm³/mol. The van der Waals surface area contributed by atoms with Gasteiger partial charge in [0.1, 0.15) is 11.6 Å². The topological polar surface area (TPSA) is 40.5 Å². The number of benzene rings is 2. The molecule has 5 rings (SSSR count). The smallest absolute Gasteiger partial charge is 0.259 e. The van der Waals surface area contributed by atoms with Gasteiger partial charge in [0.05, 0.1) is 5.70 Å². The van der Waals surface area contributed by atoms with Gasteiger partial charge >= 0.3 is 0 Å². The second kappa shape index (κ2) is 4.00. The van der Waals surface area contributed by atoms with E-state index in [1.165, 1.54) is 0 Å². The minimum absolute atomic E-state index is 0.0354. The van der Waals surface area contributed by atoms with Gasteiger partial charge < -0.3 is 5.11 Å². The summed E-state index contributed by atoms with van der Waals surface area (Å²) in [6.07, 6.45) is 3.32. The number of carbonyl (C=O) groups is 1. The molecule has 0 aromatic heterocycles. The van der Waals surface area contributed by atoms with Crippen LogP contribution in [0.15, 0.2) is 60.7 Å². The van der Waals surface area contributed by atoms with E-state index in [1.54, 1.807) is 4.90 Å². The Morgan fingerprint density at radius 1 is 0.957 bits per heavy atom. The van der Waals surface area contributed by atoms with E-state index in [2.05, 4.69) is 6.08 Å². The molecule has 0 spiro atoms. The van der Waals surface area contributed by atoms with E-state index in [-0.39, 0.29) is 5.91 Å². The quantitative estimate of drug-likeness (QED) is 0.810. The lowest BCUT2D eigenvalue weighted by atomic mass is 9.85. The summed E-state index contributed by atoms with van der Waals surface area (Å²) >= 11 is 0. The third kappa shape index (κ3) is 1.32. The number of allylic oxidation sites excluding steroid dienone is 2. The van der Waals surface area contributed by atoms with Crippen LogP contribution in [-0.2, 0) is 0 Å². The van der Waals surface area contributed by atoms with Crippen molar-refractivity contribution in [3.05, 3.63) is 82.9 Å². The van der Waals surface area contributed by atoms with Gasteiger partial charge in [-0.05, 0) is 35.8 Å². The van der Waals surface area contributed by atoms with Crippen LogP contribution in [0.3, 0.4) is 0 Å². The molecule has 0 bridgehead atoms. The van der Waals surface area contributed by atoms with Crippen molar-refractivity contribution in [2.45, 2.75) is 18.6 Å². The third-order valence-corrected chi connectivity index (χ3v) is 5.37. The molecule has 1 N–H and O–H groups in total. The van der Waals surface area contributed by atoms with E-state index >= 15 is 0 Å². The van der Waals surface area contributed by atoms with Crippen molar-refractivity contribution in [2.24, 2.45) is 0 Å². The average Bonchev–Trinajstić information content (AvgIpc) is 3.00. The molecule has 1 aliphatic carbocycles. The minimum atomic E-state index is -0.760. The van der Waals surface area contributed by atoms with E-state index < -0.39 is 11.6 Å². The van der Waals surface area contributed by atoms with Crippen LogP contribution in [-0.4, -0.2) is 21.5 Å². The fourth-order valence-electron chi connectivity index (χ4n) is 4.24. The largest absolute Gasteiger partial charge is 0.386 e. The third-order valence-electron chi connectivity index (χ3n) is 5.37. The highest BCUT2D eigenvalue weighted by atomic mass is 16.3. The second-order valence-electron chi connectivity index (χ2n) is 6.46. The van der Waals surface area contributed by atoms with E-state index in [4.69, 9.17) is 0 Å². The SMILES string of the molecule is C[C@@]12C(=CC=C3c4ccccc4C(=O)N31)c1ccccc1[C@@H]2O. The van der Waals surface area contributed by atoms with Crippen molar-refractivity contribution in [3.8, 4) is 0 Å². The highest BCUT2D eigenvalue weighted by molar-refractivity contribution is 6.12. The van der Waals surface area contributed by atoms with Gasteiger partial charge in [0, 0.05) is 11.1 Å². The Labute approximate surface area is 134 Å². The molecule has 0 saturated heterocycles. The Kier molecular flexibility index (Phi) is 2.24. The van der Waals surface area contributed by atoms with E-state index in [0.717, 1.165) is 28.0 Å². The second-order valence-corrected chi connectivity index (χ2v) is 6.46. The first-order chi connectivity index (χ1) is 11.1. The number of hydrogen-bond acceptors (Lipinski definition) is 2.